The third kappa shape index (κ3) is 5.21. The second-order valence-electron chi connectivity index (χ2n) is 9.78. The molecule has 2 aliphatic rings. The molecule has 1 aliphatic carbocycles. The molecule has 1 aliphatic heterocycles. The normalized spacial score (nSPS) is 17.5. The van der Waals surface area contributed by atoms with Gasteiger partial charge in [-0.1, -0.05) is 19.8 Å². The van der Waals surface area contributed by atoms with Gasteiger partial charge in [-0.15, -0.1) is 0 Å². The summed E-state index contributed by atoms with van der Waals surface area (Å²) in [7, 11) is 0. The Morgan fingerprint density at radius 3 is 2.40 bits per heavy atom. The van der Waals surface area contributed by atoms with Gasteiger partial charge < -0.3 is 31.2 Å². The van der Waals surface area contributed by atoms with Gasteiger partial charge >= 0.3 is 0 Å². The van der Waals surface area contributed by atoms with E-state index in [4.69, 9.17) is 21.4 Å². The van der Waals surface area contributed by atoms with E-state index in [1.165, 1.54) is 18.5 Å². The van der Waals surface area contributed by atoms with Gasteiger partial charge in [-0.3, -0.25) is 0 Å². The SMILES string of the molecule is CCN1CCN(c2ccc(Nc3nc(N)c4nc(CCCCN)n(C5CCCC5)c4n3)cc2)CC1. The number of imidazole rings is 1. The Hall–Kier alpha value is -2.91. The number of hydrogen-bond acceptors (Lipinski definition) is 8. The molecule has 2 fully saturated rings. The highest BCUT2D eigenvalue weighted by molar-refractivity contribution is 5.84. The van der Waals surface area contributed by atoms with Crippen molar-refractivity contribution < 1.29 is 0 Å². The zero-order valence-electron chi connectivity index (χ0n) is 20.9. The minimum absolute atomic E-state index is 0.430. The molecule has 0 bridgehead atoms. The Balaban J connectivity index is 1.37. The first kappa shape index (κ1) is 23.8. The third-order valence-electron chi connectivity index (χ3n) is 7.49. The minimum Gasteiger partial charge on any atom is -0.382 e. The van der Waals surface area contributed by atoms with Crippen LogP contribution in [0.4, 0.5) is 23.1 Å². The van der Waals surface area contributed by atoms with Gasteiger partial charge in [-0.05, 0) is 63.0 Å². The average molecular weight is 478 g/mol. The van der Waals surface area contributed by atoms with Crippen molar-refractivity contribution in [1.82, 2.24) is 24.4 Å². The van der Waals surface area contributed by atoms with Crippen molar-refractivity contribution in [1.29, 1.82) is 0 Å². The van der Waals surface area contributed by atoms with E-state index in [-0.39, 0.29) is 0 Å². The standard InChI is InChI=1S/C26H39N9/c1-2-33-15-17-34(18-16-33)20-12-10-19(11-13-20)29-26-31-24(28)23-25(32-26)35(21-7-3-4-8-21)22(30-23)9-5-6-14-27/h10-13,21H,2-9,14-18,27H2,1H3,(H3,28,29,31,32). The van der Waals surface area contributed by atoms with Crippen LogP contribution in [0.25, 0.3) is 11.2 Å². The van der Waals surface area contributed by atoms with E-state index in [1.54, 1.807) is 0 Å². The number of nitrogens with two attached hydrogens (primary N) is 2. The van der Waals surface area contributed by atoms with Gasteiger partial charge in [0, 0.05) is 50.0 Å². The highest BCUT2D eigenvalue weighted by atomic mass is 15.3. The van der Waals surface area contributed by atoms with E-state index in [0.717, 1.165) is 82.0 Å². The fraction of sp³-hybridized carbons (Fsp3) is 0.577. The molecule has 1 saturated carbocycles. The number of nitrogens with zero attached hydrogens (tertiary/aromatic N) is 6. The summed E-state index contributed by atoms with van der Waals surface area (Å²) < 4.78 is 2.33. The highest BCUT2D eigenvalue weighted by Gasteiger charge is 2.25. The Morgan fingerprint density at radius 1 is 0.971 bits per heavy atom. The molecule has 2 aromatic heterocycles. The summed E-state index contributed by atoms with van der Waals surface area (Å²) in [6.45, 7) is 8.42. The van der Waals surface area contributed by atoms with Crippen LogP contribution < -0.4 is 21.7 Å². The lowest BCUT2D eigenvalue weighted by molar-refractivity contribution is 0.271. The van der Waals surface area contributed by atoms with Crippen molar-refractivity contribution in [2.24, 2.45) is 5.73 Å². The smallest absolute Gasteiger partial charge is 0.231 e. The Kier molecular flexibility index (Phi) is 7.34. The zero-order valence-corrected chi connectivity index (χ0v) is 20.9. The van der Waals surface area contributed by atoms with E-state index in [2.05, 4.69) is 55.9 Å². The number of aromatic nitrogens is 4. The molecule has 9 nitrogen and oxygen atoms in total. The number of aryl methyl sites for hydroxylation is 1. The maximum absolute atomic E-state index is 6.39. The summed E-state index contributed by atoms with van der Waals surface area (Å²) in [4.78, 5) is 19.3. The van der Waals surface area contributed by atoms with Crippen LogP contribution in [0.5, 0.6) is 0 Å². The lowest BCUT2D eigenvalue weighted by atomic mass is 10.2. The van der Waals surface area contributed by atoms with Crippen LogP contribution in [-0.2, 0) is 6.42 Å². The number of fused-ring (bicyclic) bond motifs is 1. The molecule has 188 valence electrons. The van der Waals surface area contributed by atoms with Crippen LogP contribution in [0.1, 0.15) is 57.3 Å². The quantitative estimate of drug-likeness (QED) is 0.400. The molecule has 3 heterocycles. The first-order chi connectivity index (χ1) is 17.2. The van der Waals surface area contributed by atoms with Crippen LogP contribution in [0.15, 0.2) is 24.3 Å². The van der Waals surface area contributed by atoms with Gasteiger partial charge in [-0.25, -0.2) is 4.98 Å². The van der Waals surface area contributed by atoms with Crippen LogP contribution in [0.2, 0.25) is 0 Å². The average Bonchev–Trinajstić information content (AvgIpc) is 3.53. The fourth-order valence-corrected chi connectivity index (χ4v) is 5.45. The Labute approximate surface area is 207 Å². The molecular formula is C26H39N9. The monoisotopic (exact) mass is 477 g/mol. The summed E-state index contributed by atoms with van der Waals surface area (Å²) in [6.07, 6.45) is 7.72. The summed E-state index contributed by atoms with van der Waals surface area (Å²) >= 11 is 0. The van der Waals surface area contributed by atoms with Gasteiger partial charge in [0.25, 0.3) is 0 Å². The lowest BCUT2D eigenvalue weighted by Crippen LogP contribution is -2.46. The number of benzene rings is 1. The van der Waals surface area contributed by atoms with Crippen molar-refractivity contribution in [2.45, 2.75) is 57.9 Å². The molecular weight excluding hydrogens is 438 g/mol. The summed E-state index contributed by atoms with van der Waals surface area (Å²) in [6, 6.07) is 8.96. The van der Waals surface area contributed by atoms with Gasteiger partial charge in [0.1, 0.15) is 5.82 Å². The maximum atomic E-state index is 6.39. The van der Waals surface area contributed by atoms with Gasteiger partial charge in [-0.2, -0.15) is 9.97 Å². The van der Waals surface area contributed by atoms with E-state index >= 15 is 0 Å². The molecule has 0 atom stereocenters. The number of hydrogen-bond donors (Lipinski definition) is 3. The molecule has 35 heavy (non-hydrogen) atoms. The van der Waals surface area contributed by atoms with Gasteiger partial charge in [0.2, 0.25) is 5.95 Å². The van der Waals surface area contributed by atoms with Gasteiger partial charge in [0.05, 0.1) is 0 Å². The topological polar surface area (TPSA) is 114 Å². The van der Waals surface area contributed by atoms with Crippen LogP contribution in [0, 0.1) is 0 Å². The van der Waals surface area contributed by atoms with Crippen molar-refractivity contribution in [3.63, 3.8) is 0 Å². The minimum atomic E-state index is 0.430. The molecule has 9 heteroatoms. The van der Waals surface area contributed by atoms with Crippen LogP contribution in [0.3, 0.4) is 0 Å². The van der Waals surface area contributed by atoms with Crippen molar-refractivity contribution in [2.75, 3.05) is 55.2 Å². The molecule has 3 aromatic rings. The summed E-state index contributed by atoms with van der Waals surface area (Å²) in [5.74, 6) is 2.01. The molecule has 5 N–H and O–H groups in total. The molecule has 0 radical (unpaired) electrons. The van der Waals surface area contributed by atoms with Crippen molar-refractivity contribution in [3.05, 3.63) is 30.1 Å². The number of anilines is 4. The molecule has 1 aromatic carbocycles. The number of nitrogens with one attached hydrogen (secondary N) is 1. The summed E-state index contributed by atoms with van der Waals surface area (Å²) in [5, 5.41) is 3.38. The number of unbranched alkanes of at least 4 members (excludes halogenated alkanes) is 1. The molecule has 0 unspecified atom stereocenters. The highest BCUT2D eigenvalue weighted by Crippen LogP contribution is 2.35. The first-order valence-electron chi connectivity index (χ1n) is 13.2. The number of likely N-dealkylation sites (N-methyl/N-ethyl adjacent to an activating group) is 1. The largest absolute Gasteiger partial charge is 0.382 e. The second-order valence-corrected chi connectivity index (χ2v) is 9.78. The van der Waals surface area contributed by atoms with Crippen molar-refractivity contribution >= 4 is 34.3 Å². The predicted molar refractivity (Wildman–Crippen MR) is 143 cm³/mol. The maximum Gasteiger partial charge on any atom is 0.231 e. The van der Waals surface area contributed by atoms with E-state index in [0.29, 0.717) is 29.9 Å². The number of piperazine rings is 1. The second kappa shape index (κ2) is 10.8. The number of rotatable bonds is 9. The first-order valence-corrected chi connectivity index (χ1v) is 13.2. The predicted octanol–water partition coefficient (Wildman–Crippen LogP) is 3.69. The third-order valence-corrected chi connectivity index (χ3v) is 7.49. The van der Waals surface area contributed by atoms with E-state index < -0.39 is 0 Å². The van der Waals surface area contributed by atoms with Crippen molar-refractivity contribution in [3.8, 4) is 0 Å². The molecule has 1 saturated heterocycles. The summed E-state index contributed by atoms with van der Waals surface area (Å²) in [5.41, 5.74) is 15.9. The molecule has 5 rings (SSSR count). The van der Waals surface area contributed by atoms with Crippen LogP contribution >= 0.6 is 0 Å². The van der Waals surface area contributed by atoms with Gasteiger partial charge in [0.15, 0.2) is 17.0 Å². The fourth-order valence-electron chi connectivity index (χ4n) is 5.45. The Bertz CT molecular complexity index is 1110. The molecule has 0 spiro atoms. The Morgan fingerprint density at radius 2 is 1.71 bits per heavy atom. The lowest BCUT2D eigenvalue weighted by Gasteiger charge is -2.35. The molecule has 0 amide bonds. The number of nitrogen functional groups attached to an aromatic ring is 1. The van der Waals surface area contributed by atoms with E-state index in [1.807, 2.05) is 0 Å². The van der Waals surface area contributed by atoms with Crippen LogP contribution in [-0.4, -0.2) is 63.7 Å². The van der Waals surface area contributed by atoms with E-state index in [9.17, 15) is 0 Å². The zero-order chi connectivity index (χ0) is 24.2.